The van der Waals surface area contributed by atoms with Gasteiger partial charge in [-0.1, -0.05) is 0 Å². The molecular weight excluding hydrogens is 266 g/mol. The van der Waals surface area contributed by atoms with Crippen LogP contribution in [0.2, 0.25) is 0 Å². The van der Waals surface area contributed by atoms with E-state index in [1.165, 1.54) is 11.3 Å². The monoisotopic (exact) mass is 287 g/mol. The van der Waals surface area contributed by atoms with Gasteiger partial charge in [0.25, 0.3) is 0 Å². The molecule has 0 aromatic carbocycles. The highest BCUT2D eigenvalue weighted by Crippen LogP contribution is 2.20. The number of thiophene rings is 1. The summed E-state index contributed by atoms with van der Waals surface area (Å²) in [5.41, 5.74) is 0.147. The van der Waals surface area contributed by atoms with Gasteiger partial charge in [-0.2, -0.15) is 11.3 Å². The third-order valence-corrected chi connectivity index (χ3v) is 3.06. The van der Waals surface area contributed by atoms with Crippen LogP contribution in [0.25, 0.3) is 0 Å². The van der Waals surface area contributed by atoms with E-state index in [4.69, 9.17) is 4.74 Å². The Morgan fingerprint density at radius 2 is 2.16 bits per heavy atom. The molecule has 0 radical (unpaired) electrons. The van der Waals surface area contributed by atoms with Gasteiger partial charge in [0.1, 0.15) is 11.7 Å². The quantitative estimate of drug-likeness (QED) is 0.774. The molecule has 0 fully saturated rings. The van der Waals surface area contributed by atoms with Crippen LogP contribution in [0, 0.1) is 0 Å². The van der Waals surface area contributed by atoms with Gasteiger partial charge in [-0.25, -0.2) is 4.79 Å². The fourth-order valence-corrected chi connectivity index (χ4v) is 2.15. The summed E-state index contributed by atoms with van der Waals surface area (Å²) < 4.78 is 5.06. The van der Waals surface area contributed by atoms with Crippen LogP contribution in [0.5, 0.6) is 0 Å². The number of ether oxygens (including phenoxy) is 1. The van der Waals surface area contributed by atoms with E-state index in [0.717, 1.165) is 0 Å². The average molecular weight is 287 g/mol. The summed E-state index contributed by atoms with van der Waals surface area (Å²) in [6, 6.07) is 1.76. The molecule has 0 saturated carbocycles. The van der Waals surface area contributed by atoms with Crippen molar-refractivity contribution >= 4 is 17.4 Å². The molecule has 0 aliphatic heterocycles. The molecule has 5 nitrogen and oxygen atoms in total. The van der Waals surface area contributed by atoms with Crippen LogP contribution in [0.4, 0.5) is 4.79 Å². The summed E-state index contributed by atoms with van der Waals surface area (Å²) in [5, 5.41) is 25.8. The van der Waals surface area contributed by atoms with Gasteiger partial charge in [0.15, 0.2) is 0 Å². The largest absolute Gasteiger partial charge is 0.444 e. The molecule has 108 valence electrons. The van der Waals surface area contributed by atoms with Gasteiger partial charge in [-0.05, 0) is 49.6 Å². The molecule has 1 aromatic heterocycles. The first-order valence-electron chi connectivity index (χ1n) is 6.14. The maximum Gasteiger partial charge on any atom is 0.407 e. The van der Waals surface area contributed by atoms with E-state index in [9.17, 15) is 15.0 Å². The number of aliphatic hydroxyl groups excluding tert-OH is 2. The molecule has 2 atom stereocenters. The Morgan fingerprint density at radius 1 is 1.47 bits per heavy atom. The number of rotatable bonds is 5. The number of alkyl carbamates (subject to hydrolysis) is 1. The SMILES string of the molecule is CC(C)(C)OC(=O)NCCC(O)C(O)c1ccsc1. The highest BCUT2D eigenvalue weighted by Gasteiger charge is 2.20. The van der Waals surface area contributed by atoms with Crippen LogP contribution >= 0.6 is 11.3 Å². The smallest absolute Gasteiger partial charge is 0.407 e. The second kappa shape index (κ2) is 6.88. The lowest BCUT2D eigenvalue weighted by Crippen LogP contribution is -2.34. The molecule has 1 heterocycles. The van der Waals surface area contributed by atoms with E-state index in [-0.39, 0.29) is 13.0 Å². The van der Waals surface area contributed by atoms with Crippen LogP contribution < -0.4 is 5.32 Å². The van der Waals surface area contributed by atoms with Gasteiger partial charge in [-0.3, -0.25) is 0 Å². The van der Waals surface area contributed by atoms with E-state index in [0.29, 0.717) is 5.56 Å². The van der Waals surface area contributed by atoms with Gasteiger partial charge in [0.2, 0.25) is 0 Å². The molecular formula is C13H21NO4S. The molecule has 2 unspecified atom stereocenters. The Hall–Kier alpha value is -1.11. The second-order valence-corrected chi connectivity index (χ2v) is 6.07. The summed E-state index contributed by atoms with van der Waals surface area (Å²) in [5.74, 6) is 0. The van der Waals surface area contributed by atoms with Crippen molar-refractivity contribution in [1.82, 2.24) is 5.32 Å². The molecule has 19 heavy (non-hydrogen) atoms. The minimum Gasteiger partial charge on any atom is -0.444 e. The van der Waals surface area contributed by atoms with Crippen molar-refractivity contribution in [2.45, 2.75) is 45.0 Å². The Balaban J connectivity index is 2.27. The zero-order chi connectivity index (χ0) is 14.5. The topological polar surface area (TPSA) is 78.8 Å². The predicted octanol–water partition coefficient (Wildman–Crippen LogP) is 2.06. The van der Waals surface area contributed by atoms with Gasteiger partial charge in [0.05, 0.1) is 6.10 Å². The molecule has 3 N–H and O–H groups in total. The van der Waals surface area contributed by atoms with Crippen molar-refractivity contribution in [3.05, 3.63) is 22.4 Å². The molecule has 0 saturated heterocycles. The molecule has 0 aliphatic rings. The first-order valence-corrected chi connectivity index (χ1v) is 7.09. The molecule has 0 bridgehead atoms. The third-order valence-electron chi connectivity index (χ3n) is 2.36. The Bertz CT molecular complexity index is 386. The summed E-state index contributed by atoms with van der Waals surface area (Å²) >= 11 is 1.46. The average Bonchev–Trinajstić information content (AvgIpc) is 2.78. The van der Waals surface area contributed by atoms with Crippen molar-refractivity contribution in [2.24, 2.45) is 0 Å². The minimum absolute atomic E-state index is 0.247. The van der Waals surface area contributed by atoms with Crippen LogP contribution in [-0.4, -0.2) is 34.6 Å². The van der Waals surface area contributed by atoms with Gasteiger partial charge in [0, 0.05) is 6.54 Å². The normalized spacial score (nSPS) is 14.8. The van der Waals surface area contributed by atoms with E-state index in [1.54, 1.807) is 32.2 Å². The standard InChI is InChI=1S/C13H21NO4S/c1-13(2,3)18-12(17)14-6-4-10(15)11(16)9-5-7-19-8-9/h5,7-8,10-11,15-16H,4,6H2,1-3H3,(H,14,17). The van der Waals surface area contributed by atoms with Crippen molar-refractivity contribution in [2.75, 3.05) is 6.54 Å². The van der Waals surface area contributed by atoms with E-state index >= 15 is 0 Å². The molecule has 1 rings (SSSR count). The first-order chi connectivity index (χ1) is 8.79. The van der Waals surface area contributed by atoms with Crippen LogP contribution in [0.3, 0.4) is 0 Å². The van der Waals surface area contributed by atoms with Crippen molar-refractivity contribution in [3.8, 4) is 0 Å². The maximum absolute atomic E-state index is 11.4. The number of amides is 1. The van der Waals surface area contributed by atoms with Gasteiger partial charge < -0.3 is 20.3 Å². The molecule has 0 aliphatic carbocycles. The number of aliphatic hydroxyl groups is 2. The molecule has 1 amide bonds. The Morgan fingerprint density at radius 3 is 2.68 bits per heavy atom. The molecule has 6 heteroatoms. The van der Waals surface area contributed by atoms with Crippen molar-refractivity contribution in [1.29, 1.82) is 0 Å². The van der Waals surface area contributed by atoms with Gasteiger partial charge in [-0.15, -0.1) is 0 Å². The third kappa shape index (κ3) is 6.04. The molecule has 0 spiro atoms. The minimum atomic E-state index is -0.924. The van der Waals surface area contributed by atoms with E-state index in [1.807, 2.05) is 5.38 Å². The number of hydrogen-bond acceptors (Lipinski definition) is 5. The van der Waals surface area contributed by atoms with E-state index in [2.05, 4.69) is 5.32 Å². The number of nitrogens with one attached hydrogen (secondary N) is 1. The summed E-state index contributed by atoms with van der Waals surface area (Å²) in [4.78, 5) is 11.4. The highest BCUT2D eigenvalue weighted by atomic mass is 32.1. The maximum atomic E-state index is 11.4. The number of carbonyl (C=O) groups is 1. The zero-order valence-corrected chi connectivity index (χ0v) is 12.2. The lowest BCUT2D eigenvalue weighted by Gasteiger charge is -2.21. The summed E-state index contributed by atoms with van der Waals surface area (Å²) in [7, 11) is 0. The predicted molar refractivity (Wildman–Crippen MR) is 74.1 cm³/mol. The van der Waals surface area contributed by atoms with E-state index < -0.39 is 23.9 Å². The number of hydrogen-bond donors (Lipinski definition) is 3. The first kappa shape index (κ1) is 15.9. The van der Waals surface area contributed by atoms with Crippen LogP contribution in [0.15, 0.2) is 16.8 Å². The Kier molecular flexibility index (Phi) is 5.78. The van der Waals surface area contributed by atoms with Crippen molar-refractivity contribution < 1.29 is 19.7 Å². The molecule has 1 aromatic rings. The van der Waals surface area contributed by atoms with Crippen LogP contribution in [-0.2, 0) is 4.74 Å². The Labute approximate surface area is 117 Å². The number of carbonyl (C=O) groups excluding carboxylic acids is 1. The van der Waals surface area contributed by atoms with Crippen molar-refractivity contribution in [3.63, 3.8) is 0 Å². The fourth-order valence-electron chi connectivity index (χ4n) is 1.46. The summed E-state index contributed by atoms with van der Waals surface area (Å²) in [6.45, 7) is 5.59. The summed E-state index contributed by atoms with van der Waals surface area (Å²) in [6.07, 6.45) is -2.10. The van der Waals surface area contributed by atoms with Gasteiger partial charge >= 0.3 is 6.09 Å². The lowest BCUT2D eigenvalue weighted by atomic mass is 10.1. The highest BCUT2D eigenvalue weighted by molar-refractivity contribution is 7.07. The lowest BCUT2D eigenvalue weighted by molar-refractivity contribution is 0.0125. The van der Waals surface area contributed by atoms with Crippen LogP contribution in [0.1, 0.15) is 38.9 Å². The second-order valence-electron chi connectivity index (χ2n) is 5.29. The zero-order valence-electron chi connectivity index (χ0n) is 11.4. The fraction of sp³-hybridized carbons (Fsp3) is 0.615.